The number of anilines is 1. The molecule has 1 N–H and O–H groups in total. The highest BCUT2D eigenvalue weighted by Gasteiger charge is 2.17. The van der Waals surface area contributed by atoms with Crippen molar-refractivity contribution in [2.75, 3.05) is 18.5 Å². The summed E-state index contributed by atoms with van der Waals surface area (Å²) in [7, 11) is 0. The highest BCUT2D eigenvalue weighted by Crippen LogP contribution is 2.23. The minimum Gasteiger partial charge on any atom is -0.491 e. The van der Waals surface area contributed by atoms with Gasteiger partial charge in [-0.05, 0) is 43.2 Å². The topological polar surface area (TPSA) is 90.7 Å². The van der Waals surface area contributed by atoms with Crippen molar-refractivity contribution < 1.29 is 23.6 Å². The minimum atomic E-state index is -0.961. The highest BCUT2D eigenvalue weighted by molar-refractivity contribution is 6.04. The number of nitro groups is 1. The van der Waals surface area contributed by atoms with Crippen molar-refractivity contribution in [3.63, 3.8) is 0 Å². The minimum absolute atomic E-state index is 0.0623. The summed E-state index contributed by atoms with van der Waals surface area (Å²) in [6.45, 7) is 1.15. The van der Waals surface area contributed by atoms with Gasteiger partial charge in [0.15, 0.2) is 0 Å². The van der Waals surface area contributed by atoms with E-state index in [-0.39, 0.29) is 11.8 Å². The van der Waals surface area contributed by atoms with Gasteiger partial charge in [0, 0.05) is 23.9 Å². The van der Waals surface area contributed by atoms with E-state index in [0.717, 1.165) is 31.6 Å². The van der Waals surface area contributed by atoms with Gasteiger partial charge in [0.1, 0.15) is 12.4 Å². The van der Waals surface area contributed by atoms with Gasteiger partial charge in [0.05, 0.1) is 11.0 Å². The summed E-state index contributed by atoms with van der Waals surface area (Å²) in [5, 5.41) is 13.3. The zero-order valence-corrected chi connectivity index (χ0v) is 13.8. The molecule has 1 unspecified atom stereocenters. The Morgan fingerprint density at radius 3 is 2.92 bits per heavy atom. The van der Waals surface area contributed by atoms with Gasteiger partial charge in [-0.25, -0.2) is 0 Å². The molecule has 2 aromatic carbocycles. The zero-order chi connectivity index (χ0) is 18.5. The Kier molecular flexibility index (Phi) is 5.43. The first kappa shape index (κ1) is 17.8. The number of amides is 1. The Balaban J connectivity index is 1.67. The van der Waals surface area contributed by atoms with Gasteiger partial charge in [-0.3, -0.25) is 14.9 Å². The average molecular weight is 360 g/mol. The Bertz CT molecular complexity index is 821. The van der Waals surface area contributed by atoms with Crippen LogP contribution in [-0.4, -0.2) is 30.1 Å². The Morgan fingerprint density at radius 1 is 1.35 bits per heavy atom. The van der Waals surface area contributed by atoms with Crippen LogP contribution in [0.15, 0.2) is 42.5 Å². The second kappa shape index (κ2) is 7.92. The molecule has 2 aromatic rings. The number of ether oxygens (including phenoxy) is 2. The van der Waals surface area contributed by atoms with Gasteiger partial charge in [0.25, 0.3) is 5.91 Å². The largest absolute Gasteiger partial charge is 0.491 e. The lowest BCUT2D eigenvalue weighted by Crippen LogP contribution is -2.17. The van der Waals surface area contributed by atoms with E-state index in [2.05, 4.69) is 5.32 Å². The van der Waals surface area contributed by atoms with Gasteiger partial charge in [-0.1, -0.05) is 6.07 Å². The number of carbonyl (C=O) groups excluding carboxylic acids is 1. The van der Waals surface area contributed by atoms with Crippen LogP contribution in [0.25, 0.3) is 0 Å². The quantitative estimate of drug-likeness (QED) is 0.628. The van der Waals surface area contributed by atoms with Crippen molar-refractivity contribution in [3.05, 3.63) is 64.0 Å². The smallest absolute Gasteiger partial charge is 0.306 e. The number of halogens is 1. The third kappa shape index (κ3) is 4.34. The highest BCUT2D eigenvalue weighted by atomic mass is 19.1. The Hall–Kier alpha value is -3.00. The summed E-state index contributed by atoms with van der Waals surface area (Å²) in [5.41, 5.74) is -0.243. The molecule has 0 bridgehead atoms. The fourth-order valence-corrected chi connectivity index (χ4v) is 2.63. The maximum Gasteiger partial charge on any atom is 0.306 e. The molecule has 1 fully saturated rings. The van der Waals surface area contributed by atoms with Crippen LogP contribution in [0.1, 0.15) is 23.2 Å². The zero-order valence-electron chi connectivity index (χ0n) is 13.8. The summed E-state index contributed by atoms with van der Waals surface area (Å²) >= 11 is 0. The molecular formula is C18H17FN2O5. The molecule has 1 heterocycles. The number of benzene rings is 2. The van der Waals surface area contributed by atoms with Gasteiger partial charge >= 0.3 is 5.69 Å². The third-order valence-electron chi connectivity index (χ3n) is 3.96. The SMILES string of the molecule is O=C(Nc1ccc(F)c([N+](=O)[O-])c1)c1cccc(OCC2CCCO2)c1. The van der Waals surface area contributed by atoms with Gasteiger partial charge in [-0.15, -0.1) is 0 Å². The summed E-state index contributed by atoms with van der Waals surface area (Å²) in [5.74, 6) is -0.913. The monoisotopic (exact) mass is 360 g/mol. The number of nitrogens with zero attached hydrogens (tertiary/aromatic N) is 1. The molecule has 1 aliphatic rings. The molecule has 0 saturated carbocycles. The van der Waals surface area contributed by atoms with E-state index in [1.807, 2.05) is 0 Å². The van der Waals surface area contributed by atoms with Crippen molar-refractivity contribution in [3.8, 4) is 5.75 Å². The standard InChI is InChI=1S/C18H17FN2O5/c19-16-7-6-13(10-17(16)21(23)24)20-18(22)12-3-1-4-14(9-12)26-11-15-5-2-8-25-15/h1,3-4,6-7,9-10,15H,2,5,8,11H2,(H,20,22). The lowest BCUT2D eigenvalue weighted by molar-refractivity contribution is -0.387. The summed E-state index contributed by atoms with van der Waals surface area (Å²) in [6.07, 6.45) is 2.02. The Morgan fingerprint density at radius 2 is 2.19 bits per heavy atom. The van der Waals surface area contributed by atoms with E-state index >= 15 is 0 Å². The first-order valence-electron chi connectivity index (χ1n) is 8.12. The molecule has 0 aromatic heterocycles. The van der Waals surface area contributed by atoms with E-state index < -0.39 is 22.3 Å². The molecule has 0 aliphatic carbocycles. The second-order valence-corrected chi connectivity index (χ2v) is 5.85. The first-order chi connectivity index (χ1) is 12.5. The van der Waals surface area contributed by atoms with E-state index in [1.165, 1.54) is 6.07 Å². The van der Waals surface area contributed by atoms with E-state index in [0.29, 0.717) is 17.9 Å². The fraction of sp³-hybridized carbons (Fsp3) is 0.278. The molecule has 8 heteroatoms. The van der Waals surface area contributed by atoms with Crippen LogP contribution in [0.2, 0.25) is 0 Å². The van der Waals surface area contributed by atoms with Crippen LogP contribution in [-0.2, 0) is 4.74 Å². The molecule has 1 saturated heterocycles. The number of rotatable bonds is 6. The van der Waals surface area contributed by atoms with Crippen LogP contribution in [0, 0.1) is 15.9 Å². The Labute approximate surface area is 148 Å². The van der Waals surface area contributed by atoms with Crippen molar-refractivity contribution in [1.29, 1.82) is 0 Å². The van der Waals surface area contributed by atoms with Crippen molar-refractivity contribution in [2.45, 2.75) is 18.9 Å². The molecule has 1 amide bonds. The predicted molar refractivity (Wildman–Crippen MR) is 91.9 cm³/mol. The molecule has 1 aliphatic heterocycles. The number of carbonyl (C=O) groups is 1. The van der Waals surface area contributed by atoms with Gasteiger partial charge in [0.2, 0.25) is 5.82 Å². The van der Waals surface area contributed by atoms with Gasteiger partial charge in [-0.2, -0.15) is 4.39 Å². The summed E-state index contributed by atoms with van der Waals surface area (Å²) in [6, 6.07) is 9.74. The van der Waals surface area contributed by atoms with Crippen LogP contribution in [0.4, 0.5) is 15.8 Å². The number of nitro benzene ring substituents is 1. The maximum absolute atomic E-state index is 13.4. The molecule has 136 valence electrons. The maximum atomic E-state index is 13.4. The molecule has 0 spiro atoms. The average Bonchev–Trinajstić information content (AvgIpc) is 3.15. The number of hydrogen-bond donors (Lipinski definition) is 1. The molecular weight excluding hydrogens is 343 g/mol. The van der Waals surface area contributed by atoms with Crippen molar-refractivity contribution in [1.82, 2.24) is 0 Å². The van der Waals surface area contributed by atoms with E-state index in [9.17, 15) is 19.3 Å². The number of hydrogen-bond acceptors (Lipinski definition) is 5. The van der Waals surface area contributed by atoms with Gasteiger partial charge < -0.3 is 14.8 Å². The van der Waals surface area contributed by atoms with Crippen LogP contribution >= 0.6 is 0 Å². The van der Waals surface area contributed by atoms with E-state index in [4.69, 9.17) is 9.47 Å². The summed E-state index contributed by atoms with van der Waals surface area (Å²) in [4.78, 5) is 22.3. The van der Waals surface area contributed by atoms with Crippen LogP contribution in [0.5, 0.6) is 5.75 Å². The second-order valence-electron chi connectivity index (χ2n) is 5.85. The van der Waals surface area contributed by atoms with Crippen LogP contribution < -0.4 is 10.1 Å². The van der Waals surface area contributed by atoms with Crippen molar-refractivity contribution in [2.24, 2.45) is 0 Å². The first-order valence-corrected chi connectivity index (χ1v) is 8.12. The fourth-order valence-electron chi connectivity index (χ4n) is 2.63. The molecule has 7 nitrogen and oxygen atoms in total. The van der Waals surface area contributed by atoms with Crippen molar-refractivity contribution >= 4 is 17.3 Å². The third-order valence-corrected chi connectivity index (χ3v) is 3.96. The van der Waals surface area contributed by atoms with Crippen LogP contribution in [0.3, 0.4) is 0 Å². The lowest BCUT2D eigenvalue weighted by Gasteiger charge is -2.12. The normalized spacial score (nSPS) is 16.3. The molecule has 3 rings (SSSR count). The molecule has 0 radical (unpaired) electrons. The number of nitrogens with one attached hydrogen (secondary N) is 1. The molecule has 26 heavy (non-hydrogen) atoms. The van der Waals surface area contributed by atoms with E-state index in [1.54, 1.807) is 24.3 Å². The lowest BCUT2D eigenvalue weighted by atomic mass is 10.2. The molecule has 1 atom stereocenters. The predicted octanol–water partition coefficient (Wildman–Crippen LogP) is 3.54. The summed E-state index contributed by atoms with van der Waals surface area (Å²) < 4.78 is 24.5.